The van der Waals surface area contributed by atoms with Gasteiger partial charge in [0.25, 0.3) is 5.91 Å². The first kappa shape index (κ1) is 15.6. The predicted molar refractivity (Wildman–Crippen MR) is 95.0 cm³/mol. The molecule has 1 amide bonds. The van der Waals surface area contributed by atoms with Gasteiger partial charge in [0, 0.05) is 17.3 Å². The van der Waals surface area contributed by atoms with E-state index in [4.69, 9.17) is 0 Å². The Morgan fingerprint density at radius 2 is 1.62 bits per heavy atom. The monoisotopic (exact) mass is 315 g/mol. The van der Waals surface area contributed by atoms with Crippen LogP contribution in [-0.4, -0.2) is 16.6 Å². The van der Waals surface area contributed by atoms with Gasteiger partial charge in [-0.15, -0.1) is 0 Å². The summed E-state index contributed by atoms with van der Waals surface area (Å²) in [6.45, 7) is 1.90. The second kappa shape index (κ2) is 7.33. The van der Waals surface area contributed by atoms with Gasteiger partial charge in [0.1, 0.15) is 5.71 Å². The first-order valence-electron chi connectivity index (χ1n) is 7.66. The molecule has 4 heteroatoms. The van der Waals surface area contributed by atoms with Gasteiger partial charge in [-0.1, -0.05) is 54.6 Å². The van der Waals surface area contributed by atoms with Crippen LogP contribution in [0.4, 0.5) is 0 Å². The van der Waals surface area contributed by atoms with Crippen LogP contribution < -0.4 is 5.43 Å². The van der Waals surface area contributed by atoms with Crippen molar-refractivity contribution in [1.82, 2.24) is 10.4 Å². The lowest BCUT2D eigenvalue weighted by atomic mass is 10.1. The number of carbonyl (C=O) groups excluding carboxylic acids is 1. The molecule has 0 unspecified atom stereocenters. The summed E-state index contributed by atoms with van der Waals surface area (Å²) in [5.74, 6) is -0.238. The molecule has 1 heterocycles. The predicted octanol–water partition coefficient (Wildman–Crippen LogP) is 3.57. The zero-order valence-corrected chi connectivity index (χ0v) is 13.3. The van der Waals surface area contributed by atoms with Crippen molar-refractivity contribution in [3.8, 4) is 0 Å². The van der Waals surface area contributed by atoms with Crippen LogP contribution in [-0.2, 0) is 0 Å². The van der Waals surface area contributed by atoms with Crippen molar-refractivity contribution in [1.29, 1.82) is 0 Å². The van der Waals surface area contributed by atoms with Crippen LogP contribution in [0.2, 0.25) is 0 Å². The lowest BCUT2D eigenvalue weighted by Crippen LogP contribution is -2.21. The molecule has 0 bridgehead atoms. The highest BCUT2D eigenvalue weighted by Crippen LogP contribution is 2.10. The van der Waals surface area contributed by atoms with Crippen LogP contribution >= 0.6 is 0 Å². The molecule has 3 aromatic rings. The molecule has 1 aromatic heterocycles. The maximum atomic E-state index is 12.4. The van der Waals surface area contributed by atoms with Crippen LogP contribution in [0.3, 0.4) is 0 Å². The van der Waals surface area contributed by atoms with E-state index >= 15 is 0 Å². The van der Waals surface area contributed by atoms with Gasteiger partial charge in [-0.25, -0.2) is 5.43 Å². The Hall–Kier alpha value is -3.27. The molecule has 0 saturated heterocycles. The second-order valence-electron chi connectivity index (χ2n) is 5.30. The van der Waals surface area contributed by atoms with Crippen LogP contribution in [0.15, 0.2) is 84.1 Å². The third-order valence-electron chi connectivity index (χ3n) is 3.61. The Bertz CT molecular complexity index is 817. The summed E-state index contributed by atoms with van der Waals surface area (Å²) in [7, 11) is 0. The van der Waals surface area contributed by atoms with Crippen LogP contribution in [0, 0.1) is 6.92 Å². The van der Waals surface area contributed by atoms with Crippen molar-refractivity contribution in [2.75, 3.05) is 0 Å². The highest BCUT2D eigenvalue weighted by Gasteiger charge is 2.11. The number of pyridine rings is 1. The molecule has 0 aliphatic heterocycles. The van der Waals surface area contributed by atoms with Crippen molar-refractivity contribution in [3.63, 3.8) is 0 Å². The van der Waals surface area contributed by atoms with E-state index < -0.39 is 0 Å². The fourth-order valence-electron chi connectivity index (χ4n) is 2.36. The lowest BCUT2D eigenvalue weighted by molar-refractivity contribution is 0.0954. The average molecular weight is 315 g/mol. The van der Waals surface area contributed by atoms with E-state index in [1.165, 1.54) is 0 Å². The van der Waals surface area contributed by atoms with Gasteiger partial charge in [0.2, 0.25) is 0 Å². The quantitative estimate of drug-likeness (QED) is 0.591. The fourth-order valence-corrected chi connectivity index (χ4v) is 2.36. The van der Waals surface area contributed by atoms with Gasteiger partial charge < -0.3 is 0 Å². The minimum Gasteiger partial charge on any atom is -0.267 e. The number of nitrogens with zero attached hydrogens (tertiary/aromatic N) is 2. The van der Waals surface area contributed by atoms with Gasteiger partial charge in [0.15, 0.2) is 0 Å². The van der Waals surface area contributed by atoms with Crippen molar-refractivity contribution in [2.24, 2.45) is 5.10 Å². The van der Waals surface area contributed by atoms with E-state index in [0.717, 1.165) is 11.1 Å². The molecule has 1 N–H and O–H groups in total. The first-order chi connectivity index (χ1) is 11.8. The van der Waals surface area contributed by atoms with E-state index in [-0.39, 0.29) is 5.91 Å². The summed E-state index contributed by atoms with van der Waals surface area (Å²) < 4.78 is 0. The van der Waals surface area contributed by atoms with E-state index in [9.17, 15) is 4.79 Å². The number of carbonyl (C=O) groups is 1. The third kappa shape index (κ3) is 3.55. The summed E-state index contributed by atoms with van der Waals surface area (Å²) in [5.41, 5.74) is 6.37. The summed E-state index contributed by atoms with van der Waals surface area (Å²) in [5, 5.41) is 4.34. The number of aryl methyl sites for hydroxylation is 1. The number of nitrogens with one attached hydrogen (secondary N) is 1. The van der Waals surface area contributed by atoms with E-state index in [1.54, 1.807) is 12.3 Å². The van der Waals surface area contributed by atoms with Crippen molar-refractivity contribution >= 4 is 11.6 Å². The molecule has 0 atom stereocenters. The maximum Gasteiger partial charge on any atom is 0.271 e. The van der Waals surface area contributed by atoms with Crippen LogP contribution in [0.5, 0.6) is 0 Å². The molecule has 118 valence electrons. The molecule has 0 radical (unpaired) electrons. The van der Waals surface area contributed by atoms with E-state index in [2.05, 4.69) is 15.5 Å². The fraction of sp³-hybridized carbons (Fsp3) is 0.0500. The number of hydrazone groups is 1. The summed E-state index contributed by atoms with van der Waals surface area (Å²) in [6, 6.07) is 22.7. The Kier molecular flexibility index (Phi) is 4.77. The SMILES string of the molecule is Cc1ccccc1C(=O)NN=C(c1ccccc1)c1ccccn1. The molecular weight excluding hydrogens is 298 g/mol. The molecule has 2 aromatic carbocycles. The minimum absolute atomic E-state index is 0.238. The van der Waals surface area contributed by atoms with Crippen LogP contribution in [0.25, 0.3) is 0 Å². The van der Waals surface area contributed by atoms with Crippen molar-refractivity contribution in [2.45, 2.75) is 6.92 Å². The molecule has 0 aliphatic rings. The highest BCUT2D eigenvalue weighted by atomic mass is 16.2. The smallest absolute Gasteiger partial charge is 0.267 e. The number of hydrogen-bond acceptors (Lipinski definition) is 3. The van der Waals surface area contributed by atoms with E-state index in [1.807, 2.05) is 73.7 Å². The van der Waals surface area contributed by atoms with Crippen molar-refractivity contribution in [3.05, 3.63) is 101 Å². The topological polar surface area (TPSA) is 54.4 Å². The number of hydrogen-bond donors (Lipinski definition) is 1. The normalized spacial score (nSPS) is 11.1. The van der Waals surface area contributed by atoms with Gasteiger partial charge in [0.05, 0.1) is 5.69 Å². The standard InChI is InChI=1S/C20H17N3O/c1-15-9-5-6-12-17(15)20(24)23-22-19(16-10-3-2-4-11-16)18-13-7-8-14-21-18/h2-14H,1H3,(H,23,24). The molecule has 24 heavy (non-hydrogen) atoms. The van der Waals surface area contributed by atoms with Gasteiger partial charge >= 0.3 is 0 Å². The molecule has 4 nitrogen and oxygen atoms in total. The molecular formula is C20H17N3O. The molecule has 0 spiro atoms. The largest absolute Gasteiger partial charge is 0.271 e. The van der Waals surface area contributed by atoms with Gasteiger partial charge in [-0.05, 0) is 30.7 Å². The first-order valence-corrected chi connectivity index (χ1v) is 7.66. The lowest BCUT2D eigenvalue weighted by Gasteiger charge is -2.08. The second-order valence-corrected chi connectivity index (χ2v) is 5.30. The molecule has 3 rings (SSSR count). The molecule has 0 aliphatic carbocycles. The minimum atomic E-state index is -0.238. The Morgan fingerprint density at radius 3 is 2.33 bits per heavy atom. The van der Waals surface area contributed by atoms with Crippen LogP contribution in [0.1, 0.15) is 27.2 Å². The Morgan fingerprint density at radius 1 is 0.917 bits per heavy atom. The molecule has 0 fully saturated rings. The average Bonchev–Trinajstić information content (AvgIpc) is 2.64. The number of amides is 1. The Balaban J connectivity index is 1.93. The zero-order valence-electron chi connectivity index (χ0n) is 13.3. The Labute approximate surface area is 140 Å². The number of benzene rings is 2. The van der Waals surface area contributed by atoms with Gasteiger partial charge in [-0.2, -0.15) is 5.10 Å². The van der Waals surface area contributed by atoms with E-state index in [0.29, 0.717) is 17.0 Å². The maximum absolute atomic E-state index is 12.4. The summed E-state index contributed by atoms with van der Waals surface area (Å²) >= 11 is 0. The van der Waals surface area contributed by atoms with Gasteiger partial charge in [-0.3, -0.25) is 9.78 Å². The number of aromatic nitrogens is 1. The summed E-state index contributed by atoms with van der Waals surface area (Å²) in [6.07, 6.45) is 1.71. The zero-order chi connectivity index (χ0) is 16.8. The highest BCUT2D eigenvalue weighted by molar-refractivity contribution is 6.12. The third-order valence-corrected chi connectivity index (χ3v) is 3.61. The number of rotatable bonds is 4. The molecule has 0 saturated carbocycles. The van der Waals surface area contributed by atoms with Crippen molar-refractivity contribution < 1.29 is 4.79 Å². The summed E-state index contributed by atoms with van der Waals surface area (Å²) in [4.78, 5) is 16.7.